The van der Waals surface area contributed by atoms with Gasteiger partial charge in [-0.15, -0.1) is 0 Å². The number of aromatic nitrogens is 4. The molecule has 0 saturated heterocycles. The summed E-state index contributed by atoms with van der Waals surface area (Å²) in [6.07, 6.45) is 5.13. The van der Waals surface area contributed by atoms with Crippen LogP contribution in [0.15, 0.2) is 23.1 Å². The Labute approximate surface area is 95.5 Å². The molecule has 6 heteroatoms. The first kappa shape index (κ1) is 10.1. The molecule has 0 aliphatic heterocycles. The van der Waals surface area contributed by atoms with Gasteiger partial charge in [0.25, 0.3) is 0 Å². The summed E-state index contributed by atoms with van der Waals surface area (Å²) in [5.41, 5.74) is 0. The number of anilines is 1. The lowest BCUT2D eigenvalue weighted by atomic mass is 10.5. The van der Waals surface area contributed by atoms with Crippen molar-refractivity contribution in [1.29, 1.82) is 0 Å². The first-order valence-electron chi connectivity index (χ1n) is 4.57. The zero-order chi connectivity index (χ0) is 10.7. The maximum atomic E-state index is 4.34. The van der Waals surface area contributed by atoms with Crippen LogP contribution in [-0.4, -0.2) is 26.5 Å². The van der Waals surface area contributed by atoms with Crippen LogP contribution in [0.2, 0.25) is 0 Å². The lowest BCUT2D eigenvalue weighted by Crippen LogP contribution is -2.02. The molecule has 2 aromatic heterocycles. The number of hydrogen-bond donors (Lipinski definition) is 2. The summed E-state index contributed by atoms with van der Waals surface area (Å²) in [6.45, 7) is 2.83. The minimum absolute atomic E-state index is 0.583. The highest BCUT2D eigenvalue weighted by atomic mass is 79.9. The second-order valence-electron chi connectivity index (χ2n) is 2.86. The second kappa shape index (κ2) is 4.39. The first-order valence-corrected chi connectivity index (χ1v) is 5.36. The van der Waals surface area contributed by atoms with Gasteiger partial charge >= 0.3 is 0 Å². The predicted molar refractivity (Wildman–Crippen MR) is 61.5 cm³/mol. The van der Waals surface area contributed by atoms with Gasteiger partial charge in [0, 0.05) is 25.1 Å². The van der Waals surface area contributed by atoms with Crippen molar-refractivity contribution in [3.8, 4) is 11.6 Å². The van der Waals surface area contributed by atoms with Crippen molar-refractivity contribution >= 4 is 21.7 Å². The number of aromatic amines is 1. The Morgan fingerprint density at radius 3 is 3.00 bits per heavy atom. The number of rotatable bonds is 3. The lowest BCUT2D eigenvalue weighted by molar-refractivity contribution is 1.08. The van der Waals surface area contributed by atoms with E-state index in [2.05, 4.69) is 41.2 Å². The average molecular weight is 268 g/mol. The molecule has 0 aromatic carbocycles. The number of hydrogen-bond acceptors (Lipinski definition) is 4. The van der Waals surface area contributed by atoms with E-state index in [1.54, 1.807) is 18.6 Å². The van der Waals surface area contributed by atoms with Crippen LogP contribution in [0, 0.1) is 0 Å². The fraction of sp³-hybridized carbons (Fsp3) is 0.222. The van der Waals surface area contributed by atoms with Crippen LogP contribution >= 0.6 is 15.9 Å². The smallest absolute Gasteiger partial charge is 0.197 e. The lowest BCUT2D eigenvalue weighted by Gasteiger charge is -2.05. The molecule has 2 heterocycles. The number of nitrogens with zero attached hydrogens (tertiary/aromatic N) is 3. The van der Waals surface area contributed by atoms with Crippen LogP contribution in [0.1, 0.15) is 6.92 Å². The number of halogens is 1. The van der Waals surface area contributed by atoms with E-state index in [-0.39, 0.29) is 0 Å². The largest absolute Gasteiger partial charge is 0.369 e. The molecule has 0 fully saturated rings. The Morgan fingerprint density at radius 1 is 1.47 bits per heavy atom. The van der Waals surface area contributed by atoms with E-state index >= 15 is 0 Å². The van der Waals surface area contributed by atoms with Crippen molar-refractivity contribution in [2.24, 2.45) is 0 Å². The normalized spacial score (nSPS) is 10.3. The van der Waals surface area contributed by atoms with Crippen molar-refractivity contribution in [2.45, 2.75) is 6.92 Å². The highest BCUT2D eigenvalue weighted by Crippen LogP contribution is 2.21. The van der Waals surface area contributed by atoms with Gasteiger partial charge in [0.2, 0.25) is 0 Å². The van der Waals surface area contributed by atoms with Gasteiger partial charge in [0.15, 0.2) is 11.6 Å². The predicted octanol–water partition coefficient (Wildman–Crippen LogP) is 2.06. The molecule has 2 rings (SSSR count). The van der Waals surface area contributed by atoms with Crippen molar-refractivity contribution in [3.05, 3.63) is 23.1 Å². The summed E-state index contributed by atoms with van der Waals surface area (Å²) in [5, 5.41) is 3.14. The zero-order valence-electron chi connectivity index (χ0n) is 8.16. The molecule has 78 valence electrons. The number of H-pyrrole nitrogens is 1. The molecular weight excluding hydrogens is 258 g/mol. The van der Waals surface area contributed by atoms with E-state index in [4.69, 9.17) is 0 Å². The Balaban J connectivity index is 2.38. The Morgan fingerprint density at radius 2 is 2.33 bits per heavy atom. The highest BCUT2D eigenvalue weighted by molar-refractivity contribution is 9.10. The molecule has 2 aromatic rings. The maximum Gasteiger partial charge on any atom is 0.197 e. The summed E-state index contributed by atoms with van der Waals surface area (Å²) < 4.78 is 0.847. The highest BCUT2D eigenvalue weighted by Gasteiger charge is 2.07. The van der Waals surface area contributed by atoms with Crippen LogP contribution in [0.4, 0.5) is 5.82 Å². The SMILES string of the molecule is CCNc1nc(-c2ncc[nH]2)ncc1Br. The van der Waals surface area contributed by atoms with E-state index in [0.717, 1.165) is 16.8 Å². The minimum Gasteiger partial charge on any atom is -0.369 e. The van der Waals surface area contributed by atoms with Crippen molar-refractivity contribution in [1.82, 2.24) is 19.9 Å². The van der Waals surface area contributed by atoms with Gasteiger partial charge in [-0.1, -0.05) is 0 Å². The third-order valence-corrected chi connectivity index (χ3v) is 2.38. The number of nitrogens with one attached hydrogen (secondary N) is 2. The molecule has 5 nitrogen and oxygen atoms in total. The van der Waals surface area contributed by atoms with Gasteiger partial charge in [0.05, 0.1) is 4.47 Å². The quantitative estimate of drug-likeness (QED) is 0.894. The molecule has 0 amide bonds. The van der Waals surface area contributed by atoms with Crippen LogP contribution in [0.3, 0.4) is 0 Å². The summed E-state index contributed by atoms with van der Waals surface area (Å²) in [4.78, 5) is 15.6. The molecule has 15 heavy (non-hydrogen) atoms. The maximum absolute atomic E-state index is 4.34. The molecule has 0 aliphatic carbocycles. The molecular formula is C9H10BrN5. The fourth-order valence-corrected chi connectivity index (χ4v) is 1.49. The standard InChI is InChI=1S/C9H10BrN5/c1-2-11-7-6(10)5-14-9(15-7)8-12-3-4-13-8/h3-5H,2H2,1H3,(H,12,13)(H,11,14,15). The van der Waals surface area contributed by atoms with Crippen LogP contribution < -0.4 is 5.32 Å². The van der Waals surface area contributed by atoms with E-state index in [1.165, 1.54) is 0 Å². The van der Waals surface area contributed by atoms with Gasteiger partial charge in [-0.25, -0.2) is 15.0 Å². The van der Waals surface area contributed by atoms with Gasteiger partial charge in [-0.3, -0.25) is 0 Å². The van der Waals surface area contributed by atoms with Crippen LogP contribution in [-0.2, 0) is 0 Å². The second-order valence-corrected chi connectivity index (χ2v) is 3.71. The van der Waals surface area contributed by atoms with Gasteiger partial charge in [-0.05, 0) is 22.9 Å². The molecule has 0 radical (unpaired) electrons. The third kappa shape index (κ3) is 2.15. The third-order valence-electron chi connectivity index (χ3n) is 1.80. The van der Waals surface area contributed by atoms with E-state index in [0.29, 0.717) is 11.6 Å². The molecule has 0 unspecified atom stereocenters. The molecule has 0 atom stereocenters. The van der Waals surface area contributed by atoms with Crippen LogP contribution in [0.25, 0.3) is 11.6 Å². The van der Waals surface area contributed by atoms with Gasteiger partial charge < -0.3 is 10.3 Å². The monoisotopic (exact) mass is 267 g/mol. The van der Waals surface area contributed by atoms with E-state index in [9.17, 15) is 0 Å². The Kier molecular flexibility index (Phi) is 2.96. The molecule has 2 N–H and O–H groups in total. The molecule has 0 bridgehead atoms. The fourth-order valence-electron chi connectivity index (χ4n) is 1.16. The van der Waals surface area contributed by atoms with Crippen molar-refractivity contribution < 1.29 is 0 Å². The summed E-state index contributed by atoms with van der Waals surface area (Å²) in [5.74, 6) is 2.03. The summed E-state index contributed by atoms with van der Waals surface area (Å²) >= 11 is 3.38. The van der Waals surface area contributed by atoms with Gasteiger partial charge in [0.1, 0.15) is 5.82 Å². The summed E-state index contributed by atoms with van der Waals surface area (Å²) in [7, 11) is 0. The number of imidazole rings is 1. The summed E-state index contributed by atoms with van der Waals surface area (Å²) in [6, 6.07) is 0. The van der Waals surface area contributed by atoms with Gasteiger partial charge in [-0.2, -0.15) is 0 Å². The molecule has 0 aliphatic rings. The zero-order valence-corrected chi connectivity index (χ0v) is 9.74. The van der Waals surface area contributed by atoms with E-state index < -0.39 is 0 Å². The Bertz CT molecular complexity index is 440. The van der Waals surface area contributed by atoms with E-state index in [1.807, 2.05) is 6.92 Å². The molecule has 0 saturated carbocycles. The Hall–Kier alpha value is -1.43. The van der Waals surface area contributed by atoms with Crippen molar-refractivity contribution in [3.63, 3.8) is 0 Å². The minimum atomic E-state index is 0.583. The molecule has 0 spiro atoms. The van der Waals surface area contributed by atoms with Crippen LogP contribution in [0.5, 0.6) is 0 Å². The van der Waals surface area contributed by atoms with Crippen molar-refractivity contribution in [2.75, 3.05) is 11.9 Å². The average Bonchev–Trinajstić information content (AvgIpc) is 2.75. The first-order chi connectivity index (χ1) is 7.31. The topological polar surface area (TPSA) is 66.5 Å².